The van der Waals surface area contributed by atoms with E-state index in [0.29, 0.717) is 11.4 Å². The van der Waals surface area contributed by atoms with Crippen LogP contribution in [0.3, 0.4) is 0 Å². The second-order valence-electron chi connectivity index (χ2n) is 7.31. The summed E-state index contributed by atoms with van der Waals surface area (Å²) in [5.74, 6) is -1.57. The molecule has 0 bridgehead atoms. The van der Waals surface area contributed by atoms with E-state index in [-0.39, 0.29) is 23.7 Å². The Hall–Kier alpha value is -3.35. The van der Waals surface area contributed by atoms with Crippen LogP contribution < -0.4 is 15.0 Å². The Morgan fingerprint density at radius 3 is 2.39 bits per heavy atom. The maximum atomic E-state index is 12.9. The third-order valence-corrected chi connectivity index (χ3v) is 4.67. The Morgan fingerprint density at radius 2 is 1.79 bits per heavy atom. The number of carboxylic acids is 1. The zero-order valence-corrected chi connectivity index (χ0v) is 16.2. The number of aryl methyl sites for hydroxylation is 2. The lowest BCUT2D eigenvalue weighted by atomic mass is 10.0. The van der Waals surface area contributed by atoms with E-state index in [1.54, 1.807) is 13.8 Å². The highest BCUT2D eigenvalue weighted by Gasteiger charge is 2.41. The van der Waals surface area contributed by atoms with Crippen LogP contribution in [0, 0.1) is 13.8 Å². The highest BCUT2D eigenvalue weighted by atomic mass is 16.5. The van der Waals surface area contributed by atoms with Gasteiger partial charge in [-0.05, 0) is 57.0 Å². The van der Waals surface area contributed by atoms with Crippen molar-refractivity contribution in [2.45, 2.75) is 33.3 Å². The predicted molar refractivity (Wildman–Crippen MR) is 105 cm³/mol. The van der Waals surface area contributed by atoms with E-state index in [1.807, 2.05) is 32.0 Å². The van der Waals surface area contributed by atoms with Crippen molar-refractivity contribution < 1.29 is 24.2 Å². The Balaban J connectivity index is 1.94. The molecule has 0 atom stereocenters. The molecule has 1 aliphatic heterocycles. The van der Waals surface area contributed by atoms with Crippen molar-refractivity contribution in [1.82, 2.24) is 0 Å². The number of aromatic carboxylic acids is 1. The minimum atomic E-state index is -1.17. The molecule has 3 rings (SSSR count). The second kappa shape index (κ2) is 6.99. The van der Waals surface area contributed by atoms with Crippen LogP contribution in [-0.4, -0.2) is 35.0 Å². The van der Waals surface area contributed by atoms with Gasteiger partial charge in [0.15, 0.2) is 5.60 Å². The summed E-state index contributed by atoms with van der Waals surface area (Å²) in [5.41, 5.74) is 1.63. The van der Waals surface area contributed by atoms with Crippen molar-refractivity contribution in [3.05, 3.63) is 53.1 Å². The van der Waals surface area contributed by atoms with Gasteiger partial charge in [-0.1, -0.05) is 18.2 Å². The summed E-state index contributed by atoms with van der Waals surface area (Å²) in [6.07, 6.45) is 0. The number of para-hydroxylation sites is 1. The molecule has 0 saturated heterocycles. The molecular formula is C21H22N2O5. The molecule has 0 unspecified atom stereocenters. The first-order chi connectivity index (χ1) is 13.1. The van der Waals surface area contributed by atoms with E-state index in [4.69, 9.17) is 4.74 Å². The van der Waals surface area contributed by atoms with Crippen molar-refractivity contribution in [3.63, 3.8) is 0 Å². The number of nitrogens with one attached hydrogen (secondary N) is 1. The number of nitrogens with zero attached hydrogens (tertiary/aromatic N) is 1. The number of carbonyl (C=O) groups is 3. The number of hydrogen-bond donors (Lipinski definition) is 2. The van der Waals surface area contributed by atoms with Crippen LogP contribution in [0.5, 0.6) is 5.75 Å². The van der Waals surface area contributed by atoms with Crippen LogP contribution in [0.1, 0.15) is 35.3 Å². The molecule has 28 heavy (non-hydrogen) atoms. The SMILES string of the molecule is Cc1cccc(C)c1NC(=O)CN1C(=O)C(C)(C)Oc2ccc(C(=O)O)cc21. The van der Waals surface area contributed by atoms with Gasteiger partial charge < -0.3 is 15.2 Å². The van der Waals surface area contributed by atoms with Gasteiger partial charge in [-0.25, -0.2) is 4.79 Å². The van der Waals surface area contributed by atoms with Crippen LogP contribution in [0.2, 0.25) is 0 Å². The molecule has 0 saturated carbocycles. The maximum absolute atomic E-state index is 12.9. The highest BCUT2D eigenvalue weighted by molar-refractivity contribution is 6.08. The number of ether oxygens (including phenoxy) is 1. The largest absolute Gasteiger partial charge is 0.478 e. The molecule has 7 heteroatoms. The third-order valence-electron chi connectivity index (χ3n) is 4.67. The summed E-state index contributed by atoms with van der Waals surface area (Å²) in [7, 11) is 0. The molecule has 7 nitrogen and oxygen atoms in total. The van der Waals surface area contributed by atoms with Gasteiger partial charge in [0.1, 0.15) is 12.3 Å². The second-order valence-corrected chi connectivity index (χ2v) is 7.31. The molecule has 0 spiro atoms. The van der Waals surface area contributed by atoms with E-state index >= 15 is 0 Å². The summed E-state index contributed by atoms with van der Waals surface area (Å²) in [6.45, 7) is 6.75. The normalized spacial score (nSPS) is 14.9. The number of hydrogen-bond acceptors (Lipinski definition) is 4. The van der Waals surface area contributed by atoms with E-state index < -0.39 is 17.5 Å². The molecule has 2 amide bonds. The summed E-state index contributed by atoms with van der Waals surface area (Å²) in [5, 5.41) is 12.1. The minimum absolute atomic E-state index is 0.00927. The van der Waals surface area contributed by atoms with Crippen molar-refractivity contribution in [2.75, 3.05) is 16.8 Å². The van der Waals surface area contributed by atoms with E-state index in [1.165, 1.54) is 23.1 Å². The first kappa shape index (κ1) is 19.4. The Morgan fingerprint density at radius 1 is 1.14 bits per heavy atom. The van der Waals surface area contributed by atoms with Crippen LogP contribution >= 0.6 is 0 Å². The lowest BCUT2D eigenvalue weighted by Crippen LogP contribution is -2.54. The number of rotatable bonds is 4. The zero-order chi connectivity index (χ0) is 20.6. The standard InChI is InChI=1S/C21H22N2O5/c1-12-6-5-7-13(2)18(12)22-17(24)11-23-15-10-14(19(25)26)8-9-16(15)28-21(3,4)20(23)27/h5-10H,11H2,1-4H3,(H,22,24)(H,25,26). The highest BCUT2D eigenvalue weighted by Crippen LogP contribution is 2.38. The minimum Gasteiger partial charge on any atom is -0.478 e. The Bertz CT molecular complexity index is 961. The van der Waals surface area contributed by atoms with Gasteiger partial charge in [0.25, 0.3) is 5.91 Å². The third kappa shape index (κ3) is 3.55. The van der Waals surface area contributed by atoms with E-state index in [9.17, 15) is 19.5 Å². The number of benzene rings is 2. The maximum Gasteiger partial charge on any atom is 0.335 e. The Labute approximate surface area is 162 Å². The van der Waals surface area contributed by atoms with Gasteiger partial charge in [-0.2, -0.15) is 0 Å². The number of carbonyl (C=O) groups excluding carboxylic acids is 2. The van der Waals surface area contributed by atoms with Gasteiger partial charge >= 0.3 is 5.97 Å². The summed E-state index contributed by atoms with van der Waals surface area (Å²) in [6, 6.07) is 9.93. The molecular weight excluding hydrogens is 360 g/mol. The van der Waals surface area contributed by atoms with Gasteiger partial charge in [0.2, 0.25) is 5.91 Å². The molecule has 1 heterocycles. The fourth-order valence-electron chi connectivity index (χ4n) is 3.19. The molecule has 0 aromatic heterocycles. The molecule has 0 aliphatic carbocycles. The summed E-state index contributed by atoms with van der Waals surface area (Å²) < 4.78 is 5.72. The molecule has 1 aliphatic rings. The number of fused-ring (bicyclic) bond motifs is 1. The molecule has 2 aromatic rings. The summed E-state index contributed by atoms with van der Waals surface area (Å²) in [4.78, 5) is 38.2. The first-order valence-corrected chi connectivity index (χ1v) is 8.84. The number of amides is 2. The van der Waals surface area contributed by atoms with Crippen LogP contribution in [-0.2, 0) is 9.59 Å². The van der Waals surface area contributed by atoms with Gasteiger partial charge in [0.05, 0.1) is 11.3 Å². The van der Waals surface area contributed by atoms with Crippen LogP contribution in [0.4, 0.5) is 11.4 Å². The van der Waals surface area contributed by atoms with Crippen molar-refractivity contribution >= 4 is 29.2 Å². The summed E-state index contributed by atoms with van der Waals surface area (Å²) >= 11 is 0. The number of anilines is 2. The van der Waals surface area contributed by atoms with Crippen LogP contribution in [0.15, 0.2) is 36.4 Å². The zero-order valence-electron chi connectivity index (χ0n) is 16.2. The van der Waals surface area contributed by atoms with Crippen molar-refractivity contribution in [1.29, 1.82) is 0 Å². The molecule has 146 valence electrons. The van der Waals surface area contributed by atoms with Gasteiger partial charge in [-0.15, -0.1) is 0 Å². The van der Waals surface area contributed by atoms with Gasteiger partial charge in [0, 0.05) is 5.69 Å². The van der Waals surface area contributed by atoms with E-state index in [0.717, 1.165) is 11.1 Å². The molecule has 2 N–H and O–H groups in total. The topological polar surface area (TPSA) is 95.9 Å². The lowest BCUT2D eigenvalue weighted by molar-refractivity contribution is -0.133. The average molecular weight is 382 g/mol. The lowest BCUT2D eigenvalue weighted by Gasteiger charge is -2.38. The fraction of sp³-hybridized carbons (Fsp3) is 0.286. The molecule has 0 fully saturated rings. The number of carboxylic acid groups (broad SMARTS) is 1. The molecule has 0 radical (unpaired) electrons. The van der Waals surface area contributed by atoms with E-state index in [2.05, 4.69) is 5.32 Å². The molecule has 2 aromatic carbocycles. The van der Waals surface area contributed by atoms with Crippen LogP contribution in [0.25, 0.3) is 0 Å². The smallest absolute Gasteiger partial charge is 0.335 e. The Kier molecular flexibility index (Phi) is 4.85. The van der Waals surface area contributed by atoms with Crippen molar-refractivity contribution in [3.8, 4) is 5.75 Å². The predicted octanol–water partition coefficient (Wildman–Crippen LogP) is 3.14. The average Bonchev–Trinajstić information content (AvgIpc) is 2.61. The van der Waals surface area contributed by atoms with Crippen molar-refractivity contribution in [2.24, 2.45) is 0 Å². The first-order valence-electron chi connectivity index (χ1n) is 8.84. The quantitative estimate of drug-likeness (QED) is 0.847. The van der Waals surface area contributed by atoms with Gasteiger partial charge in [-0.3, -0.25) is 14.5 Å². The fourth-order valence-corrected chi connectivity index (χ4v) is 3.19. The monoisotopic (exact) mass is 382 g/mol.